The van der Waals surface area contributed by atoms with Gasteiger partial charge in [-0.05, 0) is 30.5 Å². The molecule has 0 bridgehead atoms. The van der Waals surface area contributed by atoms with Gasteiger partial charge in [0.25, 0.3) is 11.8 Å². The number of hydrogen-bond donors (Lipinski definition) is 1. The van der Waals surface area contributed by atoms with Crippen LogP contribution < -0.4 is 4.74 Å². The lowest BCUT2D eigenvalue weighted by Gasteiger charge is -2.29. The van der Waals surface area contributed by atoms with Gasteiger partial charge in [0, 0.05) is 6.04 Å². The first kappa shape index (κ1) is 14.6. The maximum absolute atomic E-state index is 12.6. The Labute approximate surface area is 129 Å². The molecule has 0 aromatic heterocycles. The molecule has 5 nitrogen and oxygen atoms in total. The Hall–Kier alpha value is -2.30. The third-order valence-electron chi connectivity index (χ3n) is 4.41. The molecule has 1 fully saturated rings. The number of aliphatic hydroxyl groups excluding tert-OH is 1. The van der Waals surface area contributed by atoms with Crippen molar-refractivity contribution in [3.63, 3.8) is 0 Å². The van der Waals surface area contributed by atoms with E-state index in [0.717, 1.165) is 32.1 Å². The summed E-state index contributed by atoms with van der Waals surface area (Å²) in [7, 11) is 1.56. The van der Waals surface area contributed by atoms with E-state index >= 15 is 0 Å². The van der Waals surface area contributed by atoms with Crippen molar-refractivity contribution in [2.45, 2.75) is 38.1 Å². The van der Waals surface area contributed by atoms with Crippen LogP contribution in [-0.4, -0.2) is 35.0 Å². The molecule has 2 aliphatic rings. The molecule has 1 N–H and O–H groups in total. The molecule has 5 heteroatoms. The van der Waals surface area contributed by atoms with Crippen LogP contribution in [0, 0.1) is 0 Å². The Balaban J connectivity index is 1.90. The molecule has 1 heterocycles. The van der Waals surface area contributed by atoms with Crippen LogP contribution in [0.5, 0.6) is 5.75 Å². The van der Waals surface area contributed by atoms with E-state index in [1.807, 2.05) is 0 Å². The Morgan fingerprint density at radius 3 is 2.27 bits per heavy atom. The number of aliphatic hydroxyl groups is 1. The minimum Gasteiger partial charge on any atom is -0.502 e. The first-order chi connectivity index (χ1) is 10.6. The van der Waals surface area contributed by atoms with Crippen LogP contribution in [0.1, 0.15) is 37.7 Å². The van der Waals surface area contributed by atoms with Crippen molar-refractivity contribution in [3.8, 4) is 5.75 Å². The number of carbonyl (C=O) groups is 2. The number of rotatable bonds is 3. The molecular weight excluding hydrogens is 282 g/mol. The molecule has 22 heavy (non-hydrogen) atoms. The minimum absolute atomic E-state index is 0.0911. The van der Waals surface area contributed by atoms with Crippen molar-refractivity contribution in [1.29, 1.82) is 0 Å². The van der Waals surface area contributed by atoms with Crippen molar-refractivity contribution in [3.05, 3.63) is 35.6 Å². The Kier molecular flexibility index (Phi) is 3.88. The molecule has 0 radical (unpaired) electrons. The van der Waals surface area contributed by atoms with Crippen molar-refractivity contribution in [1.82, 2.24) is 4.90 Å². The summed E-state index contributed by atoms with van der Waals surface area (Å²) in [6.45, 7) is 0. The van der Waals surface area contributed by atoms with Gasteiger partial charge in [-0.1, -0.05) is 31.4 Å². The van der Waals surface area contributed by atoms with Gasteiger partial charge in [0.1, 0.15) is 5.75 Å². The van der Waals surface area contributed by atoms with E-state index in [1.165, 1.54) is 4.90 Å². The molecule has 3 rings (SSSR count). The highest BCUT2D eigenvalue weighted by Gasteiger charge is 2.43. The lowest BCUT2D eigenvalue weighted by Crippen LogP contribution is -2.42. The molecule has 2 amide bonds. The lowest BCUT2D eigenvalue weighted by molar-refractivity contribution is -0.141. The predicted molar refractivity (Wildman–Crippen MR) is 81.3 cm³/mol. The highest BCUT2D eigenvalue weighted by atomic mass is 16.5. The zero-order valence-corrected chi connectivity index (χ0v) is 12.5. The number of imide groups is 1. The van der Waals surface area contributed by atoms with E-state index in [9.17, 15) is 14.7 Å². The first-order valence-electron chi connectivity index (χ1n) is 7.59. The second kappa shape index (κ2) is 5.83. The topological polar surface area (TPSA) is 66.8 Å². The van der Waals surface area contributed by atoms with Crippen LogP contribution in [0.25, 0.3) is 5.57 Å². The average molecular weight is 301 g/mol. The fourth-order valence-electron chi connectivity index (χ4n) is 3.22. The first-order valence-corrected chi connectivity index (χ1v) is 7.59. The summed E-state index contributed by atoms with van der Waals surface area (Å²) >= 11 is 0. The summed E-state index contributed by atoms with van der Waals surface area (Å²) in [5, 5.41) is 10.1. The van der Waals surface area contributed by atoms with Crippen molar-refractivity contribution in [2.75, 3.05) is 7.11 Å². The third-order valence-corrected chi connectivity index (χ3v) is 4.41. The van der Waals surface area contributed by atoms with Crippen molar-refractivity contribution in [2.24, 2.45) is 0 Å². The van der Waals surface area contributed by atoms with Crippen molar-refractivity contribution < 1.29 is 19.4 Å². The largest absolute Gasteiger partial charge is 0.502 e. The number of benzene rings is 1. The molecule has 0 atom stereocenters. The lowest BCUT2D eigenvalue weighted by atomic mass is 9.94. The number of amides is 2. The number of methoxy groups -OCH3 is 1. The van der Waals surface area contributed by atoms with Crippen LogP contribution in [-0.2, 0) is 9.59 Å². The number of carbonyl (C=O) groups excluding carboxylic acids is 2. The van der Waals surface area contributed by atoms with Crippen LogP contribution in [0.4, 0.5) is 0 Å². The summed E-state index contributed by atoms with van der Waals surface area (Å²) in [6.07, 6.45) is 4.81. The summed E-state index contributed by atoms with van der Waals surface area (Å²) in [5.41, 5.74) is 0.633. The molecule has 0 saturated heterocycles. The van der Waals surface area contributed by atoms with E-state index in [2.05, 4.69) is 0 Å². The minimum atomic E-state index is -0.567. The molecule has 1 aromatic rings. The Morgan fingerprint density at radius 2 is 1.68 bits per heavy atom. The highest BCUT2D eigenvalue weighted by molar-refractivity contribution is 6.35. The smallest absolute Gasteiger partial charge is 0.296 e. The molecule has 1 aliphatic carbocycles. The van der Waals surface area contributed by atoms with Gasteiger partial charge >= 0.3 is 0 Å². The van der Waals surface area contributed by atoms with E-state index in [1.54, 1.807) is 31.4 Å². The molecule has 1 aromatic carbocycles. The molecule has 0 unspecified atom stereocenters. The average Bonchev–Trinajstić information content (AvgIpc) is 2.78. The van der Waals surface area contributed by atoms with E-state index in [0.29, 0.717) is 11.3 Å². The second-order valence-corrected chi connectivity index (χ2v) is 5.72. The SMILES string of the molecule is COc1ccc(C2=C(O)C(=O)N(C3CCCCC3)C2=O)cc1. The maximum atomic E-state index is 12.6. The van der Waals surface area contributed by atoms with Gasteiger partial charge in [-0.3, -0.25) is 14.5 Å². The van der Waals surface area contributed by atoms with Gasteiger partial charge in [0.15, 0.2) is 5.76 Å². The van der Waals surface area contributed by atoms with E-state index < -0.39 is 11.7 Å². The molecular formula is C17H19NO4. The molecule has 1 saturated carbocycles. The van der Waals surface area contributed by atoms with Gasteiger partial charge in [-0.15, -0.1) is 0 Å². The van der Waals surface area contributed by atoms with Crippen molar-refractivity contribution >= 4 is 17.4 Å². The van der Waals surface area contributed by atoms with Crippen LogP contribution >= 0.6 is 0 Å². The zero-order valence-electron chi connectivity index (χ0n) is 12.5. The molecule has 1 aliphatic heterocycles. The fourth-order valence-corrected chi connectivity index (χ4v) is 3.22. The molecule has 116 valence electrons. The van der Waals surface area contributed by atoms with Gasteiger partial charge < -0.3 is 9.84 Å². The van der Waals surface area contributed by atoms with Crippen LogP contribution in [0.2, 0.25) is 0 Å². The summed E-state index contributed by atoms with van der Waals surface area (Å²) < 4.78 is 5.08. The van der Waals surface area contributed by atoms with E-state index in [4.69, 9.17) is 4.74 Å². The highest BCUT2D eigenvalue weighted by Crippen LogP contribution is 2.33. The standard InChI is InChI=1S/C17H19NO4/c1-22-13-9-7-11(8-10-13)14-15(19)17(21)18(16(14)20)12-5-3-2-4-6-12/h7-10,12,19H,2-6H2,1H3. The van der Waals surface area contributed by atoms with Gasteiger partial charge in [0.05, 0.1) is 12.7 Å². The predicted octanol–water partition coefficient (Wildman–Crippen LogP) is 2.67. The summed E-state index contributed by atoms with van der Waals surface area (Å²) in [6, 6.07) is 6.68. The summed E-state index contributed by atoms with van der Waals surface area (Å²) in [4.78, 5) is 26.2. The normalized spacial score (nSPS) is 20.0. The second-order valence-electron chi connectivity index (χ2n) is 5.72. The molecule has 0 spiro atoms. The summed E-state index contributed by atoms with van der Waals surface area (Å²) in [5.74, 6) is -0.743. The fraction of sp³-hybridized carbons (Fsp3) is 0.412. The third kappa shape index (κ3) is 2.36. The van der Waals surface area contributed by atoms with E-state index in [-0.39, 0.29) is 17.5 Å². The zero-order chi connectivity index (χ0) is 15.7. The van der Waals surface area contributed by atoms with Gasteiger partial charge in [0.2, 0.25) is 0 Å². The quantitative estimate of drug-likeness (QED) is 0.872. The van der Waals surface area contributed by atoms with Crippen LogP contribution in [0.15, 0.2) is 30.0 Å². The van der Waals surface area contributed by atoms with Gasteiger partial charge in [-0.2, -0.15) is 0 Å². The van der Waals surface area contributed by atoms with Crippen LogP contribution in [0.3, 0.4) is 0 Å². The number of hydrogen-bond acceptors (Lipinski definition) is 4. The Morgan fingerprint density at radius 1 is 1.05 bits per heavy atom. The number of nitrogens with zero attached hydrogens (tertiary/aromatic N) is 1. The maximum Gasteiger partial charge on any atom is 0.296 e. The monoisotopic (exact) mass is 301 g/mol. The van der Waals surface area contributed by atoms with Gasteiger partial charge in [-0.25, -0.2) is 0 Å². The Bertz CT molecular complexity index is 627. The number of ether oxygens (including phenoxy) is 1.